The molecule has 17 heavy (non-hydrogen) atoms. The maximum Gasteiger partial charge on any atom is 0.151 e. The first-order valence-corrected chi connectivity index (χ1v) is 6.22. The van der Waals surface area contributed by atoms with Crippen molar-refractivity contribution >= 4 is 11.3 Å². The summed E-state index contributed by atoms with van der Waals surface area (Å²) in [6.45, 7) is 2.06. The normalized spacial score (nSPS) is 12.4. The molecule has 0 aliphatic rings. The highest BCUT2D eigenvalue weighted by Crippen LogP contribution is 2.32. The number of hydrogen-bond acceptors (Lipinski definition) is 5. The Balaban J connectivity index is 2.37. The van der Waals surface area contributed by atoms with E-state index in [4.69, 9.17) is 4.74 Å². The Morgan fingerprint density at radius 3 is 2.76 bits per heavy atom. The molecule has 1 heterocycles. The van der Waals surface area contributed by atoms with Gasteiger partial charge in [-0.05, 0) is 26.1 Å². The predicted octanol–water partition coefficient (Wildman–Crippen LogP) is 2.49. The zero-order chi connectivity index (χ0) is 12.3. The maximum absolute atomic E-state index is 5.32. The van der Waals surface area contributed by atoms with Gasteiger partial charge in [-0.2, -0.15) is 0 Å². The van der Waals surface area contributed by atoms with E-state index in [1.807, 2.05) is 31.3 Å². The van der Waals surface area contributed by atoms with Crippen LogP contribution in [0.5, 0.6) is 5.75 Å². The van der Waals surface area contributed by atoms with Gasteiger partial charge >= 0.3 is 0 Å². The van der Waals surface area contributed by atoms with Crippen molar-refractivity contribution in [2.75, 3.05) is 14.2 Å². The van der Waals surface area contributed by atoms with Gasteiger partial charge in [-0.3, -0.25) is 0 Å². The van der Waals surface area contributed by atoms with Crippen LogP contribution in [-0.4, -0.2) is 24.4 Å². The Bertz CT molecular complexity index is 498. The standard InChI is InChI=1S/C12H15N3OS/c1-8(13-2)11-14-15-12(17-11)9-6-4-5-7-10(9)16-3/h4-8,13H,1-3H3. The van der Waals surface area contributed by atoms with Gasteiger partial charge in [0.15, 0.2) is 5.01 Å². The van der Waals surface area contributed by atoms with E-state index in [1.54, 1.807) is 18.4 Å². The van der Waals surface area contributed by atoms with Gasteiger partial charge in [0, 0.05) is 0 Å². The van der Waals surface area contributed by atoms with Gasteiger partial charge in [0.25, 0.3) is 0 Å². The largest absolute Gasteiger partial charge is 0.496 e. The highest BCUT2D eigenvalue weighted by molar-refractivity contribution is 7.14. The van der Waals surface area contributed by atoms with Crippen molar-refractivity contribution < 1.29 is 4.74 Å². The summed E-state index contributed by atoms with van der Waals surface area (Å²) in [5.41, 5.74) is 0.988. The monoisotopic (exact) mass is 249 g/mol. The van der Waals surface area contributed by atoms with E-state index in [2.05, 4.69) is 22.4 Å². The molecule has 0 saturated heterocycles. The number of benzene rings is 1. The van der Waals surface area contributed by atoms with E-state index >= 15 is 0 Å². The average molecular weight is 249 g/mol. The molecule has 0 spiro atoms. The highest BCUT2D eigenvalue weighted by atomic mass is 32.1. The van der Waals surface area contributed by atoms with E-state index in [9.17, 15) is 0 Å². The molecule has 1 unspecified atom stereocenters. The molecule has 90 valence electrons. The van der Waals surface area contributed by atoms with Crippen molar-refractivity contribution in [3.05, 3.63) is 29.3 Å². The fourth-order valence-corrected chi connectivity index (χ4v) is 2.40. The van der Waals surface area contributed by atoms with Gasteiger partial charge in [-0.1, -0.05) is 23.5 Å². The molecule has 1 aromatic carbocycles. The molecule has 2 aromatic rings. The third-order valence-electron chi connectivity index (χ3n) is 2.58. The van der Waals surface area contributed by atoms with Crippen LogP contribution in [0.3, 0.4) is 0 Å². The zero-order valence-electron chi connectivity index (χ0n) is 10.1. The van der Waals surface area contributed by atoms with Gasteiger partial charge < -0.3 is 10.1 Å². The molecule has 1 aromatic heterocycles. The van der Waals surface area contributed by atoms with Crippen LogP contribution in [0.1, 0.15) is 18.0 Å². The van der Waals surface area contributed by atoms with Crippen molar-refractivity contribution in [1.82, 2.24) is 15.5 Å². The summed E-state index contributed by atoms with van der Waals surface area (Å²) >= 11 is 1.58. The van der Waals surface area contributed by atoms with Crippen LogP contribution in [0, 0.1) is 0 Å². The summed E-state index contributed by atoms with van der Waals surface area (Å²) in [6, 6.07) is 8.06. The smallest absolute Gasteiger partial charge is 0.151 e. The quantitative estimate of drug-likeness (QED) is 0.904. The van der Waals surface area contributed by atoms with Gasteiger partial charge in [0.1, 0.15) is 10.8 Å². The second-order valence-corrected chi connectivity index (χ2v) is 4.67. The van der Waals surface area contributed by atoms with E-state index in [1.165, 1.54) is 0 Å². The molecule has 1 N–H and O–H groups in total. The number of hydrogen-bond donors (Lipinski definition) is 1. The average Bonchev–Trinajstić information content (AvgIpc) is 2.87. The number of aromatic nitrogens is 2. The first-order valence-electron chi connectivity index (χ1n) is 5.40. The second-order valence-electron chi connectivity index (χ2n) is 3.66. The van der Waals surface area contributed by atoms with Gasteiger partial charge in [0.05, 0.1) is 18.7 Å². The van der Waals surface area contributed by atoms with Crippen molar-refractivity contribution in [3.63, 3.8) is 0 Å². The number of nitrogens with one attached hydrogen (secondary N) is 1. The lowest BCUT2D eigenvalue weighted by molar-refractivity contribution is 0.416. The third kappa shape index (κ3) is 2.45. The fourth-order valence-electron chi connectivity index (χ4n) is 1.46. The summed E-state index contributed by atoms with van der Waals surface area (Å²) in [5.74, 6) is 0.826. The lowest BCUT2D eigenvalue weighted by Gasteiger charge is -2.04. The Morgan fingerprint density at radius 2 is 2.06 bits per heavy atom. The third-order valence-corrected chi connectivity index (χ3v) is 3.72. The summed E-state index contributed by atoms with van der Waals surface area (Å²) in [7, 11) is 3.58. The predicted molar refractivity (Wildman–Crippen MR) is 69.4 cm³/mol. The van der Waals surface area contributed by atoms with Crippen molar-refractivity contribution in [2.45, 2.75) is 13.0 Å². The summed E-state index contributed by atoms with van der Waals surface area (Å²) < 4.78 is 5.32. The first-order chi connectivity index (χ1) is 8.26. The van der Waals surface area contributed by atoms with E-state index in [0.717, 1.165) is 21.3 Å². The minimum atomic E-state index is 0.218. The summed E-state index contributed by atoms with van der Waals surface area (Å²) in [5, 5.41) is 13.4. The van der Waals surface area contributed by atoms with Crippen LogP contribution in [0.15, 0.2) is 24.3 Å². The second kappa shape index (κ2) is 5.25. The summed E-state index contributed by atoms with van der Waals surface area (Å²) in [6.07, 6.45) is 0. The van der Waals surface area contributed by atoms with Gasteiger partial charge in [-0.15, -0.1) is 10.2 Å². The van der Waals surface area contributed by atoms with E-state index in [-0.39, 0.29) is 6.04 Å². The molecule has 0 saturated carbocycles. The number of methoxy groups -OCH3 is 1. The lowest BCUT2D eigenvalue weighted by Crippen LogP contribution is -2.11. The molecule has 5 heteroatoms. The Morgan fingerprint density at radius 1 is 1.29 bits per heavy atom. The van der Waals surface area contributed by atoms with Gasteiger partial charge in [-0.25, -0.2) is 0 Å². The van der Waals surface area contributed by atoms with Crippen LogP contribution >= 0.6 is 11.3 Å². The van der Waals surface area contributed by atoms with Crippen molar-refractivity contribution in [1.29, 1.82) is 0 Å². The molecule has 0 bridgehead atoms. The van der Waals surface area contributed by atoms with Gasteiger partial charge in [0.2, 0.25) is 0 Å². The molecule has 0 aliphatic carbocycles. The van der Waals surface area contributed by atoms with Crippen LogP contribution < -0.4 is 10.1 Å². The molecule has 0 fully saturated rings. The summed E-state index contributed by atoms with van der Waals surface area (Å²) in [4.78, 5) is 0. The molecule has 0 radical (unpaired) electrons. The van der Waals surface area contributed by atoms with E-state index < -0.39 is 0 Å². The number of ether oxygens (including phenoxy) is 1. The Labute approximate surface area is 105 Å². The molecule has 2 rings (SSSR count). The van der Waals surface area contributed by atoms with Crippen LogP contribution in [-0.2, 0) is 0 Å². The van der Waals surface area contributed by atoms with Crippen molar-refractivity contribution in [3.8, 4) is 16.3 Å². The van der Waals surface area contributed by atoms with Crippen LogP contribution in [0.2, 0.25) is 0 Å². The molecule has 0 aliphatic heterocycles. The first kappa shape index (κ1) is 12.0. The number of para-hydroxylation sites is 1. The van der Waals surface area contributed by atoms with Crippen molar-refractivity contribution in [2.24, 2.45) is 0 Å². The number of nitrogens with zero attached hydrogens (tertiary/aromatic N) is 2. The molecule has 1 atom stereocenters. The highest BCUT2D eigenvalue weighted by Gasteiger charge is 2.13. The molecular weight excluding hydrogens is 234 g/mol. The molecular formula is C12H15N3OS. The molecule has 0 amide bonds. The fraction of sp³-hybridized carbons (Fsp3) is 0.333. The topological polar surface area (TPSA) is 47.0 Å². The zero-order valence-corrected chi connectivity index (χ0v) is 10.9. The molecule has 4 nitrogen and oxygen atoms in total. The minimum absolute atomic E-state index is 0.218. The maximum atomic E-state index is 5.32. The van der Waals surface area contributed by atoms with E-state index in [0.29, 0.717) is 0 Å². The Hall–Kier alpha value is -1.46. The minimum Gasteiger partial charge on any atom is -0.496 e. The SMILES string of the molecule is CNC(C)c1nnc(-c2ccccc2OC)s1. The van der Waals surface area contributed by atoms with Crippen LogP contribution in [0.4, 0.5) is 0 Å². The van der Waals surface area contributed by atoms with Crippen LogP contribution in [0.25, 0.3) is 10.6 Å². The Kier molecular flexibility index (Phi) is 3.71. The number of rotatable bonds is 4. The lowest BCUT2D eigenvalue weighted by atomic mass is 10.2.